The van der Waals surface area contributed by atoms with Gasteiger partial charge in [0.2, 0.25) is 0 Å². The number of nitrogens with one attached hydrogen (secondary N) is 2. The predicted molar refractivity (Wildman–Crippen MR) is 100.0 cm³/mol. The number of nitrogens with zero attached hydrogens (tertiary/aromatic N) is 2. The monoisotopic (exact) mass is 356 g/mol. The van der Waals surface area contributed by atoms with E-state index >= 15 is 0 Å². The zero-order chi connectivity index (χ0) is 17.8. The van der Waals surface area contributed by atoms with Gasteiger partial charge in [-0.15, -0.1) is 0 Å². The van der Waals surface area contributed by atoms with E-state index in [1.165, 1.54) is 6.07 Å². The van der Waals surface area contributed by atoms with Crippen LogP contribution in [-0.2, 0) is 6.54 Å². The topological polar surface area (TPSA) is 49.8 Å². The van der Waals surface area contributed by atoms with Crippen molar-refractivity contribution in [3.8, 4) is 0 Å². The van der Waals surface area contributed by atoms with Crippen LogP contribution in [0, 0.1) is 19.7 Å². The molecule has 3 aromatic rings. The number of hydrogen-bond acceptors (Lipinski definition) is 4. The Bertz CT molecular complexity index is 898. The molecule has 0 aliphatic rings. The van der Waals surface area contributed by atoms with Gasteiger partial charge in [-0.1, -0.05) is 29.8 Å². The molecule has 0 bridgehead atoms. The zero-order valence-electron chi connectivity index (χ0n) is 14.0. The molecule has 2 aromatic carbocycles. The third kappa shape index (κ3) is 4.45. The highest BCUT2D eigenvalue weighted by atomic mass is 35.5. The van der Waals surface area contributed by atoms with Crippen molar-refractivity contribution < 1.29 is 4.39 Å². The normalized spacial score (nSPS) is 10.6. The summed E-state index contributed by atoms with van der Waals surface area (Å²) in [5.74, 6) is 1.67. The van der Waals surface area contributed by atoms with Gasteiger partial charge in [0.25, 0.3) is 0 Å². The Morgan fingerprint density at radius 3 is 2.52 bits per heavy atom. The second-order valence-electron chi connectivity index (χ2n) is 5.71. The maximum absolute atomic E-state index is 13.7. The van der Waals surface area contributed by atoms with Gasteiger partial charge in [-0.3, -0.25) is 0 Å². The predicted octanol–water partition coefficient (Wildman–Crippen LogP) is 5.24. The van der Waals surface area contributed by atoms with Crippen molar-refractivity contribution in [1.29, 1.82) is 0 Å². The standard InChI is InChI=1S/C19H18ClFN4/c1-12-9-15(20)7-8-17(12)25-19-10-18(23-13(2)24-19)22-11-14-5-3-4-6-16(14)21/h3-10H,11H2,1-2H3,(H2,22,23,24,25). The van der Waals surface area contributed by atoms with Crippen LogP contribution in [0.2, 0.25) is 5.02 Å². The second kappa shape index (κ2) is 7.49. The van der Waals surface area contributed by atoms with E-state index < -0.39 is 0 Å². The van der Waals surface area contributed by atoms with Crippen LogP contribution >= 0.6 is 11.6 Å². The Balaban J connectivity index is 1.77. The lowest BCUT2D eigenvalue weighted by Gasteiger charge is -2.12. The highest BCUT2D eigenvalue weighted by molar-refractivity contribution is 6.30. The number of aryl methyl sites for hydroxylation is 2. The lowest BCUT2D eigenvalue weighted by molar-refractivity contribution is 0.613. The van der Waals surface area contributed by atoms with E-state index in [2.05, 4.69) is 20.6 Å². The molecule has 0 atom stereocenters. The third-order valence-electron chi connectivity index (χ3n) is 3.71. The molecule has 4 nitrogen and oxygen atoms in total. The van der Waals surface area contributed by atoms with Crippen molar-refractivity contribution in [2.24, 2.45) is 0 Å². The highest BCUT2D eigenvalue weighted by Gasteiger charge is 2.06. The first kappa shape index (κ1) is 17.2. The van der Waals surface area contributed by atoms with E-state index in [0.717, 1.165) is 11.3 Å². The zero-order valence-corrected chi connectivity index (χ0v) is 14.7. The average molecular weight is 357 g/mol. The van der Waals surface area contributed by atoms with Crippen LogP contribution in [0.1, 0.15) is 17.0 Å². The Hall–Kier alpha value is -2.66. The molecule has 0 aliphatic carbocycles. The summed E-state index contributed by atoms with van der Waals surface area (Å²) in [7, 11) is 0. The van der Waals surface area contributed by atoms with Crippen LogP contribution in [0.15, 0.2) is 48.5 Å². The SMILES string of the molecule is Cc1nc(NCc2ccccc2F)cc(Nc2ccc(Cl)cc2C)n1. The second-order valence-corrected chi connectivity index (χ2v) is 6.15. The maximum Gasteiger partial charge on any atom is 0.136 e. The summed E-state index contributed by atoms with van der Waals surface area (Å²) in [6.45, 7) is 4.14. The molecule has 0 spiro atoms. The minimum Gasteiger partial charge on any atom is -0.366 e. The summed E-state index contributed by atoms with van der Waals surface area (Å²) in [6, 6.07) is 14.1. The first-order chi connectivity index (χ1) is 12.0. The molecule has 25 heavy (non-hydrogen) atoms. The van der Waals surface area contributed by atoms with Crippen LogP contribution in [0.3, 0.4) is 0 Å². The van der Waals surface area contributed by atoms with E-state index in [-0.39, 0.29) is 5.82 Å². The minimum absolute atomic E-state index is 0.240. The first-order valence-corrected chi connectivity index (χ1v) is 8.25. The maximum atomic E-state index is 13.7. The smallest absolute Gasteiger partial charge is 0.136 e. The van der Waals surface area contributed by atoms with Crippen molar-refractivity contribution in [3.63, 3.8) is 0 Å². The molecular formula is C19H18ClFN4. The Labute approximate surface area is 151 Å². The number of benzene rings is 2. The number of rotatable bonds is 5. The summed E-state index contributed by atoms with van der Waals surface area (Å²) in [4.78, 5) is 8.75. The number of halogens is 2. The molecule has 0 aliphatic heterocycles. The minimum atomic E-state index is -0.240. The third-order valence-corrected chi connectivity index (χ3v) is 3.94. The molecule has 0 amide bonds. The average Bonchev–Trinajstić information content (AvgIpc) is 2.56. The van der Waals surface area contributed by atoms with Gasteiger partial charge < -0.3 is 10.6 Å². The fourth-order valence-corrected chi connectivity index (χ4v) is 2.68. The largest absolute Gasteiger partial charge is 0.366 e. The van der Waals surface area contributed by atoms with Gasteiger partial charge in [-0.05, 0) is 43.7 Å². The molecule has 0 radical (unpaired) electrons. The fraction of sp³-hybridized carbons (Fsp3) is 0.158. The molecule has 3 rings (SSSR count). The Morgan fingerprint density at radius 2 is 1.76 bits per heavy atom. The van der Waals surface area contributed by atoms with E-state index in [1.54, 1.807) is 18.2 Å². The summed E-state index contributed by atoms with van der Waals surface area (Å²) < 4.78 is 13.7. The summed E-state index contributed by atoms with van der Waals surface area (Å²) >= 11 is 5.99. The van der Waals surface area contributed by atoms with Crippen molar-refractivity contribution in [3.05, 3.63) is 76.3 Å². The highest BCUT2D eigenvalue weighted by Crippen LogP contribution is 2.24. The number of aromatic nitrogens is 2. The van der Waals surface area contributed by atoms with Crippen LogP contribution in [-0.4, -0.2) is 9.97 Å². The molecule has 0 saturated carbocycles. The van der Waals surface area contributed by atoms with Crippen LogP contribution in [0.5, 0.6) is 0 Å². The van der Waals surface area contributed by atoms with Gasteiger partial charge in [0, 0.05) is 28.9 Å². The van der Waals surface area contributed by atoms with Crippen molar-refractivity contribution in [2.45, 2.75) is 20.4 Å². The molecule has 0 fully saturated rings. The first-order valence-electron chi connectivity index (χ1n) is 7.87. The summed E-state index contributed by atoms with van der Waals surface area (Å²) in [6.07, 6.45) is 0. The lowest BCUT2D eigenvalue weighted by Crippen LogP contribution is -2.06. The number of anilines is 3. The van der Waals surface area contributed by atoms with E-state index in [0.29, 0.717) is 34.6 Å². The summed E-state index contributed by atoms with van der Waals surface area (Å²) in [5.41, 5.74) is 2.52. The molecule has 1 heterocycles. The van der Waals surface area contributed by atoms with Crippen LogP contribution < -0.4 is 10.6 Å². The van der Waals surface area contributed by atoms with Crippen LogP contribution in [0.25, 0.3) is 0 Å². The molecule has 2 N–H and O–H groups in total. The Kier molecular flexibility index (Phi) is 5.14. The van der Waals surface area contributed by atoms with Gasteiger partial charge in [0.05, 0.1) is 0 Å². The van der Waals surface area contributed by atoms with Gasteiger partial charge in [0.15, 0.2) is 0 Å². The molecule has 1 aromatic heterocycles. The number of hydrogen-bond donors (Lipinski definition) is 2. The van der Waals surface area contributed by atoms with E-state index in [9.17, 15) is 4.39 Å². The molecule has 6 heteroatoms. The molecule has 0 saturated heterocycles. The molecule has 128 valence electrons. The van der Waals surface area contributed by atoms with Crippen molar-refractivity contribution in [1.82, 2.24) is 9.97 Å². The molecular weight excluding hydrogens is 339 g/mol. The van der Waals surface area contributed by atoms with Crippen LogP contribution in [0.4, 0.5) is 21.7 Å². The quantitative estimate of drug-likeness (QED) is 0.656. The Morgan fingerprint density at radius 1 is 1.00 bits per heavy atom. The lowest BCUT2D eigenvalue weighted by atomic mass is 10.2. The van der Waals surface area contributed by atoms with E-state index in [1.807, 2.05) is 38.1 Å². The van der Waals surface area contributed by atoms with Gasteiger partial charge in [-0.25, -0.2) is 14.4 Å². The fourth-order valence-electron chi connectivity index (χ4n) is 2.46. The van der Waals surface area contributed by atoms with Gasteiger partial charge in [-0.2, -0.15) is 0 Å². The van der Waals surface area contributed by atoms with Gasteiger partial charge in [0.1, 0.15) is 23.3 Å². The molecule has 0 unspecified atom stereocenters. The summed E-state index contributed by atoms with van der Waals surface area (Å²) in [5, 5.41) is 7.10. The van der Waals surface area contributed by atoms with Crippen molar-refractivity contribution >= 4 is 28.9 Å². The van der Waals surface area contributed by atoms with E-state index in [4.69, 9.17) is 11.6 Å². The van der Waals surface area contributed by atoms with Crippen molar-refractivity contribution in [2.75, 3.05) is 10.6 Å². The van der Waals surface area contributed by atoms with Gasteiger partial charge >= 0.3 is 0 Å².